The van der Waals surface area contributed by atoms with E-state index in [4.69, 9.17) is 4.74 Å². The smallest absolute Gasteiger partial charge is 0.0926 e. The molecule has 1 saturated carbocycles. The molecule has 0 spiro atoms. The van der Waals surface area contributed by atoms with Gasteiger partial charge in [0.2, 0.25) is 0 Å². The second-order valence-electron chi connectivity index (χ2n) is 3.97. The number of rotatable bonds is 3. The molecule has 1 nitrogen and oxygen atoms in total. The van der Waals surface area contributed by atoms with Crippen LogP contribution in [-0.2, 0) is 4.74 Å². The van der Waals surface area contributed by atoms with E-state index < -0.39 is 0 Å². The quantitative estimate of drug-likeness (QED) is 0.586. The fraction of sp³-hybridized carbons (Fsp3) is 0.818. The van der Waals surface area contributed by atoms with Crippen LogP contribution in [0.25, 0.3) is 0 Å². The number of ether oxygens (including phenoxy) is 1. The lowest BCUT2D eigenvalue weighted by atomic mass is 9.88. The first-order valence-corrected chi connectivity index (χ1v) is 5.05. The van der Waals surface area contributed by atoms with Crippen LogP contribution in [-0.4, -0.2) is 6.10 Å². The lowest BCUT2D eigenvalue weighted by Gasteiger charge is -2.25. The maximum absolute atomic E-state index is 5.60. The van der Waals surface area contributed by atoms with Crippen LogP contribution in [0.4, 0.5) is 0 Å². The van der Waals surface area contributed by atoms with E-state index in [1.807, 2.05) is 0 Å². The molecule has 0 aliphatic heterocycles. The van der Waals surface area contributed by atoms with Gasteiger partial charge in [0.15, 0.2) is 0 Å². The average molecular weight is 168 g/mol. The summed E-state index contributed by atoms with van der Waals surface area (Å²) < 4.78 is 5.60. The SMILES string of the molecule is C=C(OC(C)C)C1CCCCC1. The maximum Gasteiger partial charge on any atom is 0.0926 e. The van der Waals surface area contributed by atoms with Crippen molar-refractivity contribution >= 4 is 0 Å². The Hall–Kier alpha value is -0.460. The highest BCUT2D eigenvalue weighted by atomic mass is 16.5. The van der Waals surface area contributed by atoms with E-state index in [9.17, 15) is 0 Å². The predicted molar refractivity (Wildman–Crippen MR) is 51.9 cm³/mol. The molecule has 0 unspecified atom stereocenters. The van der Waals surface area contributed by atoms with E-state index in [1.165, 1.54) is 32.1 Å². The zero-order chi connectivity index (χ0) is 8.97. The maximum atomic E-state index is 5.60. The van der Waals surface area contributed by atoms with E-state index in [-0.39, 0.29) is 0 Å². The van der Waals surface area contributed by atoms with Crippen LogP contribution in [0.5, 0.6) is 0 Å². The molecule has 12 heavy (non-hydrogen) atoms. The molecule has 1 fully saturated rings. The molecule has 1 aliphatic carbocycles. The molecule has 0 radical (unpaired) electrons. The number of allylic oxidation sites excluding steroid dienone is 1. The van der Waals surface area contributed by atoms with Crippen molar-refractivity contribution < 1.29 is 4.74 Å². The van der Waals surface area contributed by atoms with Crippen molar-refractivity contribution in [2.75, 3.05) is 0 Å². The van der Waals surface area contributed by atoms with Gasteiger partial charge in [0, 0.05) is 5.92 Å². The summed E-state index contributed by atoms with van der Waals surface area (Å²) in [5.74, 6) is 1.66. The average Bonchev–Trinajstić information content (AvgIpc) is 2.05. The normalized spacial score (nSPS) is 19.6. The molecule has 0 amide bonds. The van der Waals surface area contributed by atoms with Gasteiger partial charge in [-0.2, -0.15) is 0 Å². The zero-order valence-electron chi connectivity index (χ0n) is 8.31. The van der Waals surface area contributed by atoms with Crippen molar-refractivity contribution in [3.05, 3.63) is 12.3 Å². The Labute approximate surface area is 75.8 Å². The molecule has 70 valence electrons. The molecule has 0 atom stereocenters. The zero-order valence-corrected chi connectivity index (χ0v) is 8.31. The summed E-state index contributed by atoms with van der Waals surface area (Å²) in [6.07, 6.45) is 6.96. The van der Waals surface area contributed by atoms with Gasteiger partial charge in [-0.3, -0.25) is 0 Å². The van der Waals surface area contributed by atoms with Gasteiger partial charge in [0.25, 0.3) is 0 Å². The summed E-state index contributed by atoms with van der Waals surface area (Å²) in [4.78, 5) is 0. The van der Waals surface area contributed by atoms with Gasteiger partial charge in [-0.25, -0.2) is 0 Å². The Balaban J connectivity index is 2.30. The van der Waals surface area contributed by atoms with Crippen LogP contribution < -0.4 is 0 Å². The van der Waals surface area contributed by atoms with Gasteiger partial charge in [0.05, 0.1) is 11.9 Å². The molecule has 0 aromatic rings. The van der Waals surface area contributed by atoms with Crippen LogP contribution in [0.2, 0.25) is 0 Å². The Kier molecular flexibility index (Phi) is 3.64. The topological polar surface area (TPSA) is 9.23 Å². The standard InChI is InChI=1S/C11H20O/c1-9(2)12-10(3)11-7-5-4-6-8-11/h9,11H,3-8H2,1-2H3. The second kappa shape index (κ2) is 4.54. The van der Waals surface area contributed by atoms with Crippen molar-refractivity contribution in [1.29, 1.82) is 0 Å². The van der Waals surface area contributed by atoms with E-state index in [0.29, 0.717) is 12.0 Å². The van der Waals surface area contributed by atoms with Crippen LogP contribution >= 0.6 is 0 Å². The minimum atomic E-state index is 0.291. The van der Waals surface area contributed by atoms with Gasteiger partial charge in [-0.1, -0.05) is 25.8 Å². The summed E-state index contributed by atoms with van der Waals surface area (Å²) in [5.41, 5.74) is 0. The van der Waals surface area contributed by atoms with E-state index in [2.05, 4.69) is 20.4 Å². The molecular weight excluding hydrogens is 148 g/mol. The van der Waals surface area contributed by atoms with E-state index in [0.717, 1.165) is 5.76 Å². The molecule has 1 rings (SSSR count). The van der Waals surface area contributed by atoms with Gasteiger partial charge >= 0.3 is 0 Å². The monoisotopic (exact) mass is 168 g/mol. The lowest BCUT2D eigenvalue weighted by molar-refractivity contribution is 0.111. The van der Waals surface area contributed by atoms with Crippen molar-refractivity contribution in [2.24, 2.45) is 5.92 Å². The summed E-state index contributed by atoms with van der Waals surface area (Å²) >= 11 is 0. The van der Waals surface area contributed by atoms with E-state index >= 15 is 0 Å². The Morgan fingerprint density at radius 3 is 2.33 bits per heavy atom. The van der Waals surface area contributed by atoms with Crippen LogP contribution in [0.15, 0.2) is 12.3 Å². The number of hydrogen-bond donors (Lipinski definition) is 0. The first-order chi connectivity index (χ1) is 5.70. The fourth-order valence-electron chi connectivity index (χ4n) is 1.82. The van der Waals surface area contributed by atoms with Crippen molar-refractivity contribution in [3.63, 3.8) is 0 Å². The second-order valence-corrected chi connectivity index (χ2v) is 3.97. The lowest BCUT2D eigenvalue weighted by Crippen LogP contribution is -2.13. The fourth-order valence-corrected chi connectivity index (χ4v) is 1.82. The molecule has 0 bridgehead atoms. The van der Waals surface area contributed by atoms with Gasteiger partial charge in [0.1, 0.15) is 0 Å². The molecule has 0 saturated heterocycles. The Morgan fingerprint density at radius 1 is 1.25 bits per heavy atom. The molecule has 0 aromatic heterocycles. The van der Waals surface area contributed by atoms with Gasteiger partial charge in [-0.15, -0.1) is 0 Å². The van der Waals surface area contributed by atoms with Gasteiger partial charge < -0.3 is 4.74 Å². The summed E-state index contributed by atoms with van der Waals surface area (Å²) in [6.45, 7) is 8.12. The minimum absolute atomic E-state index is 0.291. The third-order valence-corrected chi connectivity index (χ3v) is 2.45. The van der Waals surface area contributed by atoms with Gasteiger partial charge in [-0.05, 0) is 26.7 Å². The highest BCUT2D eigenvalue weighted by molar-refractivity contribution is 4.93. The van der Waals surface area contributed by atoms with Crippen molar-refractivity contribution in [2.45, 2.75) is 52.1 Å². The Bertz CT molecular complexity index is 143. The molecule has 0 N–H and O–H groups in total. The molecular formula is C11H20O. The van der Waals surface area contributed by atoms with Crippen LogP contribution in [0, 0.1) is 5.92 Å². The first kappa shape index (κ1) is 9.63. The van der Waals surface area contributed by atoms with Crippen molar-refractivity contribution in [3.8, 4) is 0 Å². The highest BCUT2D eigenvalue weighted by Crippen LogP contribution is 2.29. The molecule has 0 aromatic carbocycles. The summed E-state index contributed by atoms with van der Waals surface area (Å²) in [6, 6.07) is 0. The van der Waals surface area contributed by atoms with E-state index in [1.54, 1.807) is 0 Å². The minimum Gasteiger partial charge on any atom is -0.496 e. The molecule has 0 heterocycles. The van der Waals surface area contributed by atoms with Crippen LogP contribution in [0.1, 0.15) is 46.0 Å². The van der Waals surface area contributed by atoms with Crippen LogP contribution in [0.3, 0.4) is 0 Å². The third-order valence-electron chi connectivity index (χ3n) is 2.45. The Morgan fingerprint density at radius 2 is 1.83 bits per heavy atom. The van der Waals surface area contributed by atoms with Crippen molar-refractivity contribution in [1.82, 2.24) is 0 Å². The molecule has 1 aliphatic rings. The first-order valence-electron chi connectivity index (χ1n) is 5.05. The number of hydrogen-bond acceptors (Lipinski definition) is 1. The highest BCUT2D eigenvalue weighted by Gasteiger charge is 2.17. The summed E-state index contributed by atoms with van der Waals surface area (Å²) in [5, 5.41) is 0. The third kappa shape index (κ3) is 2.88. The predicted octanol–water partition coefficient (Wildman–Crippen LogP) is 3.51. The summed E-state index contributed by atoms with van der Waals surface area (Å²) in [7, 11) is 0. The molecule has 1 heteroatoms. The largest absolute Gasteiger partial charge is 0.496 e.